The van der Waals surface area contributed by atoms with E-state index in [9.17, 15) is 4.79 Å². The van der Waals surface area contributed by atoms with E-state index in [0.29, 0.717) is 31.2 Å². The van der Waals surface area contributed by atoms with E-state index >= 15 is 0 Å². The number of para-hydroxylation sites is 1. The minimum absolute atomic E-state index is 0.304. The minimum Gasteiger partial charge on any atom is -0.496 e. The summed E-state index contributed by atoms with van der Waals surface area (Å²) in [5.41, 5.74) is 4.30. The molecule has 0 unspecified atom stereocenters. The molecule has 0 N–H and O–H groups in total. The molecule has 0 aliphatic rings. The molecule has 9 heteroatoms. The van der Waals surface area contributed by atoms with Crippen LogP contribution in [0.5, 0.6) is 5.75 Å². The Kier molecular flexibility index (Phi) is 7.81. The Balaban J connectivity index is 1.76. The van der Waals surface area contributed by atoms with Crippen molar-refractivity contribution in [1.82, 2.24) is 19.7 Å². The predicted octanol–water partition coefficient (Wildman–Crippen LogP) is 5.66. The lowest BCUT2D eigenvalue weighted by atomic mass is 10.0. The van der Waals surface area contributed by atoms with Crippen LogP contribution in [0.25, 0.3) is 33.4 Å². The van der Waals surface area contributed by atoms with Crippen LogP contribution in [0.4, 0.5) is 0 Å². The first-order valence-corrected chi connectivity index (χ1v) is 15.7. The number of fused-ring (bicyclic) bond motifs is 1. The van der Waals surface area contributed by atoms with E-state index in [-0.39, 0.29) is 0 Å². The van der Waals surface area contributed by atoms with Crippen LogP contribution in [0.1, 0.15) is 17.3 Å². The fourth-order valence-electron chi connectivity index (χ4n) is 3.80. The minimum atomic E-state index is -1.20. The zero-order valence-electron chi connectivity index (χ0n) is 21.4. The molecule has 0 amide bonds. The molecule has 3 heterocycles. The molecule has 4 rings (SSSR count). The maximum atomic E-state index is 12.2. The molecule has 188 valence electrons. The summed E-state index contributed by atoms with van der Waals surface area (Å²) < 4.78 is 18.5. The molecule has 36 heavy (non-hydrogen) atoms. The van der Waals surface area contributed by atoms with Gasteiger partial charge in [0.05, 0.1) is 19.3 Å². The van der Waals surface area contributed by atoms with Crippen LogP contribution >= 0.6 is 0 Å². The van der Waals surface area contributed by atoms with Crippen LogP contribution in [-0.4, -0.2) is 54.1 Å². The highest BCUT2D eigenvalue weighted by Gasteiger charge is 2.19. The molecule has 4 aromatic rings. The molecule has 0 fully saturated rings. The van der Waals surface area contributed by atoms with Gasteiger partial charge in [-0.3, -0.25) is 4.98 Å². The third-order valence-corrected chi connectivity index (χ3v) is 7.45. The Morgan fingerprint density at radius 1 is 1.06 bits per heavy atom. The van der Waals surface area contributed by atoms with Gasteiger partial charge >= 0.3 is 5.97 Å². The normalized spacial score (nSPS) is 11.6. The average Bonchev–Trinajstić information content (AvgIpc) is 3.24. The van der Waals surface area contributed by atoms with Crippen molar-refractivity contribution in [2.75, 3.05) is 20.3 Å². The third kappa shape index (κ3) is 5.80. The van der Waals surface area contributed by atoms with Crippen LogP contribution in [-0.2, 0) is 16.2 Å². The monoisotopic (exact) mass is 504 g/mol. The Labute approximate surface area is 212 Å². The van der Waals surface area contributed by atoms with Gasteiger partial charge in [-0.15, -0.1) is 0 Å². The van der Waals surface area contributed by atoms with Gasteiger partial charge in [-0.1, -0.05) is 31.8 Å². The first kappa shape index (κ1) is 25.5. The number of hydrogen-bond acceptors (Lipinski definition) is 7. The van der Waals surface area contributed by atoms with E-state index in [1.807, 2.05) is 30.3 Å². The van der Waals surface area contributed by atoms with E-state index in [1.54, 1.807) is 37.2 Å². The van der Waals surface area contributed by atoms with Crippen molar-refractivity contribution in [3.8, 4) is 28.1 Å². The van der Waals surface area contributed by atoms with Gasteiger partial charge in [0.1, 0.15) is 18.2 Å². The second-order valence-electron chi connectivity index (χ2n) is 9.67. The molecular weight excluding hydrogens is 472 g/mol. The number of carbonyl (C=O) groups is 1. The van der Waals surface area contributed by atoms with Gasteiger partial charge in [0.2, 0.25) is 0 Å². The lowest BCUT2D eigenvalue weighted by Crippen LogP contribution is -2.22. The van der Waals surface area contributed by atoms with Gasteiger partial charge in [0.15, 0.2) is 5.65 Å². The summed E-state index contributed by atoms with van der Waals surface area (Å²) in [4.78, 5) is 21.2. The van der Waals surface area contributed by atoms with E-state index in [1.165, 1.54) is 6.20 Å². The molecule has 0 aliphatic carbocycles. The number of methoxy groups -OCH3 is 1. The van der Waals surface area contributed by atoms with Crippen LogP contribution in [0.3, 0.4) is 0 Å². The standard InChI is InChI=1S/C27H32N4O4Si/c1-6-35-27(32)21-13-19(15-28-16-21)20-14-23-25(22-9-7-8-10-24(22)33-2)30-31(26(23)29-17-20)18-34-11-12-36(3,4)5/h7-10,13-17H,6,11-12,18H2,1-5H3. The van der Waals surface area contributed by atoms with Gasteiger partial charge in [-0.05, 0) is 37.2 Å². The molecule has 0 spiro atoms. The Morgan fingerprint density at radius 2 is 1.83 bits per heavy atom. The van der Waals surface area contributed by atoms with Crippen molar-refractivity contribution in [2.24, 2.45) is 0 Å². The molecule has 0 bridgehead atoms. The smallest absolute Gasteiger partial charge is 0.339 e. The van der Waals surface area contributed by atoms with E-state index in [4.69, 9.17) is 24.3 Å². The summed E-state index contributed by atoms with van der Waals surface area (Å²) >= 11 is 0. The van der Waals surface area contributed by atoms with E-state index in [0.717, 1.165) is 39.6 Å². The maximum Gasteiger partial charge on any atom is 0.339 e. The molecule has 3 aromatic heterocycles. The molecule has 0 radical (unpaired) electrons. The molecular formula is C27H32N4O4Si. The van der Waals surface area contributed by atoms with Crippen LogP contribution < -0.4 is 4.74 Å². The Bertz CT molecular complexity index is 1360. The second-order valence-corrected chi connectivity index (χ2v) is 15.3. The zero-order valence-corrected chi connectivity index (χ0v) is 22.4. The second kappa shape index (κ2) is 11.0. The highest BCUT2D eigenvalue weighted by atomic mass is 28.3. The summed E-state index contributed by atoms with van der Waals surface area (Å²) in [5, 5.41) is 5.73. The molecule has 0 atom stereocenters. The number of carbonyl (C=O) groups excluding carboxylic acids is 1. The van der Waals surface area contributed by atoms with Crippen LogP contribution in [0.2, 0.25) is 25.7 Å². The number of hydrogen-bond donors (Lipinski definition) is 0. The summed E-state index contributed by atoms with van der Waals surface area (Å²) in [5.74, 6) is 0.318. The molecule has 0 aliphatic heterocycles. The first-order valence-electron chi connectivity index (χ1n) is 12.0. The van der Waals surface area contributed by atoms with Crippen molar-refractivity contribution in [3.05, 3.63) is 60.6 Å². The maximum absolute atomic E-state index is 12.2. The Hall–Kier alpha value is -3.56. The first-order chi connectivity index (χ1) is 17.3. The summed E-state index contributed by atoms with van der Waals surface area (Å²) in [6.07, 6.45) is 4.97. The van der Waals surface area contributed by atoms with Crippen molar-refractivity contribution >= 4 is 25.1 Å². The SMILES string of the molecule is CCOC(=O)c1cncc(-c2cnc3c(c2)c(-c2ccccc2OC)nn3COCC[Si](C)(C)C)c1. The zero-order chi connectivity index (χ0) is 25.7. The molecule has 1 aromatic carbocycles. The van der Waals surface area contributed by atoms with Crippen molar-refractivity contribution in [2.45, 2.75) is 39.3 Å². The van der Waals surface area contributed by atoms with Gasteiger partial charge in [0.25, 0.3) is 0 Å². The van der Waals surface area contributed by atoms with Crippen molar-refractivity contribution in [3.63, 3.8) is 0 Å². The lowest BCUT2D eigenvalue weighted by Gasteiger charge is -2.15. The fraction of sp³-hybridized carbons (Fsp3) is 0.333. The topological polar surface area (TPSA) is 88.4 Å². The molecule has 0 saturated heterocycles. The quantitative estimate of drug-likeness (QED) is 0.156. The van der Waals surface area contributed by atoms with E-state index in [2.05, 4.69) is 24.6 Å². The number of esters is 1. The number of pyridine rings is 2. The fourth-order valence-corrected chi connectivity index (χ4v) is 4.56. The highest BCUT2D eigenvalue weighted by molar-refractivity contribution is 6.76. The summed E-state index contributed by atoms with van der Waals surface area (Å²) in [6, 6.07) is 12.6. The number of ether oxygens (including phenoxy) is 3. The summed E-state index contributed by atoms with van der Waals surface area (Å²) in [7, 11) is 0.449. The molecule has 0 saturated carbocycles. The molecule has 8 nitrogen and oxygen atoms in total. The van der Waals surface area contributed by atoms with Crippen LogP contribution in [0, 0.1) is 0 Å². The number of benzene rings is 1. The number of aromatic nitrogens is 4. The number of rotatable bonds is 10. The predicted molar refractivity (Wildman–Crippen MR) is 143 cm³/mol. The lowest BCUT2D eigenvalue weighted by molar-refractivity contribution is 0.0526. The number of nitrogens with zero attached hydrogens (tertiary/aromatic N) is 4. The Morgan fingerprint density at radius 3 is 2.58 bits per heavy atom. The van der Waals surface area contributed by atoms with Crippen LogP contribution in [0.15, 0.2) is 55.0 Å². The van der Waals surface area contributed by atoms with Crippen molar-refractivity contribution < 1.29 is 19.0 Å². The van der Waals surface area contributed by atoms with E-state index < -0.39 is 14.0 Å². The average molecular weight is 505 g/mol. The highest BCUT2D eigenvalue weighted by Crippen LogP contribution is 2.35. The van der Waals surface area contributed by atoms with Gasteiger partial charge in [0, 0.05) is 55.3 Å². The van der Waals surface area contributed by atoms with Gasteiger partial charge in [-0.25, -0.2) is 14.5 Å². The summed E-state index contributed by atoms with van der Waals surface area (Å²) in [6.45, 7) is 10.1. The largest absolute Gasteiger partial charge is 0.496 e. The van der Waals surface area contributed by atoms with Crippen molar-refractivity contribution in [1.29, 1.82) is 0 Å². The third-order valence-electron chi connectivity index (χ3n) is 5.74. The van der Waals surface area contributed by atoms with Gasteiger partial charge < -0.3 is 14.2 Å². The van der Waals surface area contributed by atoms with Gasteiger partial charge in [-0.2, -0.15) is 5.10 Å².